The van der Waals surface area contributed by atoms with Crippen molar-refractivity contribution in [3.05, 3.63) is 0 Å². The van der Waals surface area contributed by atoms with E-state index < -0.39 is 0 Å². The third-order valence-electron chi connectivity index (χ3n) is 3.45. The summed E-state index contributed by atoms with van der Waals surface area (Å²) in [5, 5.41) is 0. The zero-order valence-electron chi connectivity index (χ0n) is 10.9. The summed E-state index contributed by atoms with van der Waals surface area (Å²) in [6.45, 7) is 10.4. The standard InChI is InChI=1S/C13H28N2/c1-10(2)9-15(11(3)4)13-8-6-5-7-12(13)14/h10-13H,5-9,14H2,1-4H3. The van der Waals surface area contributed by atoms with Crippen molar-refractivity contribution in [2.75, 3.05) is 6.54 Å². The third-order valence-corrected chi connectivity index (χ3v) is 3.45. The van der Waals surface area contributed by atoms with Gasteiger partial charge in [0.15, 0.2) is 0 Å². The molecule has 1 aliphatic carbocycles. The van der Waals surface area contributed by atoms with Gasteiger partial charge in [0.25, 0.3) is 0 Å². The molecule has 1 fully saturated rings. The van der Waals surface area contributed by atoms with Gasteiger partial charge in [-0.1, -0.05) is 26.7 Å². The number of hydrogen-bond donors (Lipinski definition) is 1. The van der Waals surface area contributed by atoms with Crippen molar-refractivity contribution in [3.8, 4) is 0 Å². The van der Waals surface area contributed by atoms with E-state index in [1.807, 2.05) is 0 Å². The molecular weight excluding hydrogens is 184 g/mol. The van der Waals surface area contributed by atoms with E-state index in [4.69, 9.17) is 5.73 Å². The maximum atomic E-state index is 6.25. The maximum absolute atomic E-state index is 6.25. The summed E-state index contributed by atoms with van der Waals surface area (Å²) in [5.41, 5.74) is 6.25. The van der Waals surface area contributed by atoms with Crippen LogP contribution in [0.1, 0.15) is 53.4 Å². The zero-order chi connectivity index (χ0) is 11.4. The van der Waals surface area contributed by atoms with Crippen LogP contribution in [0.4, 0.5) is 0 Å². The van der Waals surface area contributed by atoms with Crippen molar-refractivity contribution in [2.45, 2.75) is 71.5 Å². The van der Waals surface area contributed by atoms with Crippen molar-refractivity contribution in [1.82, 2.24) is 4.90 Å². The van der Waals surface area contributed by atoms with Crippen LogP contribution in [0.2, 0.25) is 0 Å². The molecule has 0 radical (unpaired) electrons. The van der Waals surface area contributed by atoms with Crippen molar-refractivity contribution < 1.29 is 0 Å². The summed E-state index contributed by atoms with van der Waals surface area (Å²) in [5.74, 6) is 0.738. The van der Waals surface area contributed by atoms with Gasteiger partial charge in [0.1, 0.15) is 0 Å². The summed E-state index contributed by atoms with van der Waals surface area (Å²) in [7, 11) is 0. The van der Waals surface area contributed by atoms with Crippen molar-refractivity contribution in [2.24, 2.45) is 11.7 Å². The zero-order valence-corrected chi connectivity index (χ0v) is 10.9. The maximum Gasteiger partial charge on any atom is 0.0250 e. The predicted octanol–water partition coefficient (Wildman–Crippen LogP) is 2.62. The van der Waals surface area contributed by atoms with Crippen LogP contribution in [-0.4, -0.2) is 29.6 Å². The molecule has 0 aromatic rings. The molecule has 0 aliphatic heterocycles. The van der Waals surface area contributed by atoms with Gasteiger partial charge in [-0.2, -0.15) is 0 Å². The Morgan fingerprint density at radius 1 is 1.13 bits per heavy atom. The Bertz CT molecular complexity index is 177. The lowest BCUT2D eigenvalue weighted by Crippen LogP contribution is -2.53. The number of hydrogen-bond acceptors (Lipinski definition) is 2. The Morgan fingerprint density at radius 3 is 2.20 bits per heavy atom. The first-order chi connectivity index (χ1) is 7.02. The van der Waals surface area contributed by atoms with Gasteiger partial charge in [-0.3, -0.25) is 4.90 Å². The van der Waals surface area contributed by atoms with Gasteiger partial charge in [0.05, 0.1) is 0 Å². The summed E-state index contributed by atoms with van der Waals surface area (Å²) >= 11 is 0. The molecule has 2 heteroatoms. The molecule has 2 atom stereocenters. The monoisotopic (exact) mass is 212 g/mol. The molecule has 0 heterocycles. The van der Waals surface area contributed by atoms with Crippen LogP contribution in [0.25, 0.3) is 0 Å². The highest BCUT2D eigenvalue weighted by atomic mass is 15.2. The molecular formula is C13H28N2. The van der Waals surface area contributed by atoms with Crippen LogP contribution in [-0.2, 0) is 0 Å². The van der Waals surface area contributed by atoms with Crippen molar-refractivity contribution >= 4 is 0 Å². The first-order valence-electron chi connectivity index (χ1n) is 6.53. The van der Waals surface area contributed by atoms with Crippen LogP contribution in [0, 0.1) is 5.92 Å². The largest absolute Gasteiger partial charge is 0.326 e. The Labute approximate surface area is 95.2 Å². The molecule has 0 amide bonds. The molecule has 0 spiro atoms. The van der Waals surface area contributed by atoms with E-state index in [0.717, 1.165) is 5.92 Å². The third kappa shape index (κ3) is 3.76. The highest BCUT2D eigenvalue weighted by molar-refractivity contribution is 4.87. The molecule has 2 nitrogen and oxygen atoms in total. The summed E-state index contributed by atoms with van der Waals surface area (Å²) < 4.78 is 0. The van der Waals surface area contributed by atoms with Crippen LogP contribution >= 0.6 is 0 Å². The average molecular weight is 212 g/mol. The summed E-state index contributed by atoms with van der Waals surface area (Å²) in [4.78, 5) is 2.62. The highest BCUT2D eigenvalue weighted by Crippen LogP contribution is 2.24. The minimum atomic E-state index is 0.403. The SMILES string of the molecule is CC(C)CN(C(C)C)C1CCCCC1N. The fraction of sp³-hybridized carbons (Fsp3) is 1.00. The second kappa shape index (κ2) is 5.86. The van der Waals surface area contributed by atoms with E-state index in [-0.39, 0.29) is 0 Å². The Hall–Kier alpha value is -0.0800. The lowest BCUT2D eigenvalue weighted by molar-refractivity contribution is 0.0916. The molecule has 0 aromatic heterocycles. The summed E-state index contributed by atoms with van der Waals surface area (Å²) in [6, 6.07) is 1.66. The normalized spacial score (nSPS) is 28.0. The van der Waals surface area contributed by atoms with Crippen LogP contribution in [0.15, 0.2) is 0 Å². The smallest absolute Gasteiger partial charge is 0.0250 e. The average Bonchev–Trinajstić information content (AvgIpc) is 2.15. The summed E-state index contributed by atoms with van der Waals surface area (Å²) in [6.07, 6.45) is 5.20. The predicted molar refractivity (Wildman–Crippen MR) is 66.9 cm³/mol. The van der Waals surface area contributed by atoms with E-state index in [1.54, 1.807) is 0 Å². The van der Waals surface area contributed by atoms with Gasteiger partial charge in [-0.05, 0) is 32.6 Å². The van der Waals surface area contributed by atoms with Gasteiger partial charge < -0.3 is 5.73 Å². The number of nitrogens with two attached hydrogens (primary N) is 1. The van der Waals surface area contributed by atoms with Crippen molar-refractivity contribution in [1.29, 1.82) is 0 Å². The second-order valence-corrected chi connectivity index (χ2v) is 5.70. The molecule has 1 aliphatic rings. The van der Waals surface area contributed by atoms with Gasteiger partial charge in [0.2, 0.25) is 0 Å². The molecule has 0 aromatic carbocycles. The van der Waals surface area contributed by atoms with Crippen LogP contribution < -0.4 is 5.73 Å². The molecule has 90 valence electrons. The molecule has 1 saturated carbocycles. The van der Waals surface area contributed by atoms with E-state index in [1.165, 1.54) is 32.2 Å². The van der Waals surface area contributed by atoms with Gasteiger partial charge in [-0.25, -0.2) is 0 Å². The van der Waals surface area contributed by atoms with E-state index in [2.05, 4.69) is 32.6 Å². The molecule has 2 N–H and O–H groups in total. The molecule has 2 unspecified atom stereocenters. The van der Waals surface area contributed by atoms with Gasteiger partial charge in [-0.15, -0.1) is 0 Å². The Kier molecular flexibility index (Phi) is 5.07. The highest BCUT2D eigenvalue weighted by Gasteiger charge is 2.29. The minimum Gasteiger partial charge on any atom is -0.326 e. The molecule has 15 heavy (non-hydrogen) atoms. The van der Waals surface area contributed by atoms with Gasteiger partial charge in [0, 0.05) is 24.7 Å². The van der Waals surface area contributed by atoms with Crippen molar-refractivity contribution in [3.63, 3.8) is 0 Å². The lowest BCUT2D eigenvalue weighted by Gasteiger charge is -2.41. The fourth-order valence-electron chi connectivity index (χ4n) is 2.70. The van der Waals surface area contributed by atoms with E-state index >= 15 is 0 Å². The molecule has 0 bridgehead atoms. The Balaban J connectivity index is 2.60. The first-order valence-corrected chi connectivity index (χ1v) is 6.53. The second-order valence-electron chi connectivity index (χ2n) is 5.70. The van der Waals surface area contributed by atoms with E-state index in [0.29, 0.717) is 18.1 Å². The van der Waals surface area contributed by atoms with Crippen LogP contribution in [0.3, 0.4) is 0 Å². The van der Waals surface area contributed by atoms with E-state index in [9.17, 15) is 0 Å². The molecule has 0 saturated heterocycles. The minimum absolute atomic E-state index is 0.403. The molecule has 1 rings (SSSR count). The quantitative estimate of drug-likeness (QED) is 0.776. The first kappa shape index (κ1) is 13.0. The number of nitrogens with zero attached hydrogens (tertiary/aromatic N) is 1. The lowest BCUT2D eigenvalue weighted by atomic mass is 9.88. The topological polar surface area (TPSA) is 29.3 Å². The fourth-order valence-corrected chi connectivity index (χ4v) is 2.70. The van der Waals surface area contributed by atoms with Gasteiger partial charge >= 0.3 is 0 Å². The number of rotatable bonds is 4. The van der Waals surface area contributed by atoms with Crippen LogP contribution in [0.5, 0.6) is 0 Å². The Morgan fingerprint density at radius 2 is 1.73 bits per heavy atom.